The molecule has 3 aromatic rings. The molecule has 1 saturated heterocycles. The maximum atomic E-state index is 14.8. The highest BCUT2D eigenvalue weighted by atomic mass is 19.3. The number of terminal acetylenes is 1. The molecule has 1 aromatic carbocycles. The summed E-state index contributed by atoms with van der Waals surface area (Å²) in [5, 5.41) is 3.47. The number of aryl methyl sites for hydroxylation is 1. The lowest BCUT2D eigenvalue weighted by molar-refractivity contribution is 0.0671. The molecule has 5 rings (SSSR count). The van der Waals surface area contributed by atoms with Gasteiger partial charge in [0.25, 0.3) is 12.0 Å². The monoisotopic (exact) mass is 466 g/mol. The highest BCUT2D eigenvalue weighted by Gasteiger charge is 2.31. The van der Waals surface area contributed by atoms with Crippen molar-refractivity contribution in [2.24, 2.45) is 7.05 Å². The van der Waals surface area contributed by atoms with E-state index >= 15 is 0 Å². The summed E-state index contributed by atoms with van der Waals surface area (Å²) in [6.07, 6.45) is 8.50. The molecule has 34 heavy (non-hydrogen) atoms. The van der Waals surface area contributed by atoms with Crippen LogP contribution in [0.15, 0.2) is 41.5 Å². The Bertz CT molecular complexity index is 1410. The largest absolute Gasteiger partial charge is 0.371 e. The van der Waals surface area contributed by atoms with Crippen LogP contribution in [0.25, 0.3) is 16.6 Å². The van der Waals surface area contributed by atoms with Crippen LogP contribution in [-0.4, -0.2) is 26.7 Å². The zero-order chi connectivity index (χ0) is 24.0. The van der Waals surface area contributed by atoms with Gasteiger partial charge in [-0.25, -0.2) is 23.1 Å². The van der Waals surface area contributed by atoms with Crippen LogP contribution in [0, 0.1) is 18.2 Å². The summed E-state index contributed by atoms with van der Waals surface area (Å²) in [6, 6.07) is 4.34. The van der Waals surface area contributed by atoms with Crippen molar-refractivity contribution in [1.82, 2.24) is 14.5 Å². The van der Waals surface area contributed by atoms with Gasteiger partial charge < -0.3 is 10.1 Å². The Balaban J connectivity index is 1.59. The summed E-state index contributed by atoms with van der Waals surface area (Å²) < 4.78 is 48.4. The SMILES string of the molecule is C#C[C@@H](Nc1ncnc2c1cc(C1=CC3CCC(C1)O3)c(=O)n2C)c1cccc(C(F)F)c1F. The number of anilines is 1. The predicted octanol–water partition coefficient (Wildman–Crippen LogP) is 4.53. The van der Waals surface area contributed by atoms with Crippen molar-refractivity contribution >= 4 is 22.4 Å². The normalized spacial score (nSPS) is 20.3. The second-order valence-electron chi connectivity index (χ2n) is 8.45. The zero-order valence-corrected chi connectivity index (χ0v) is 18.3. The van der Waals surface area contributed by atoms with Crippen LogP contribution in [-0.2, 0) is 11.8 Å². The van der Waals surface area contributed by atoms with Gasteiger partial charge in [0, 0.05) is 18.2 Å². The zero-order valence-electron chi connectivity index (χ0n) is 18.3. The first-order valence-electron chi connectivity index (χ1n) is 10.9. The van der Waals surface area contributed by atoms with Crippen molar-refractivity contribution in [1.29, 1.82) is 0 Å². The number of fused-ring (bicyclic) bond motifs is 3. The van der Waals surface area contributed by atoms with E-state index < -0.39 is 23.8 Å². The van der Waals surface area contributed by atoms with E-state index in [0.29, 0.717) is 23.0 Å². The minimum atomic E-state index is -2.97. The van der Waals surface area contributed by atoms with Gasteiger partial charge in [-0.05, 0) is 30.9 Å². The van der Waals surface area contributed by atoms with Crippen LogP contribution in [0.3, 0.4) is 0 Å². The molecule has 2 aliphatic rings. The fraction of sp³-hybridized carbons (Fsp3) is 0.320. The molecule has 0 saturated carbocycles. The van der Waals surface area contributed by atoms with Crippen molar-refractivity contribution < 1.29 is 17.9 Å². The first kappa shape index (κ1) is 22.2. The number of nitrogens with zero attached hydrogens (tertiary/aromatic N) is 3. The summed E-state index contributed by atoms with van der Waals surface area (Å²) in [5.41, 5.74) is 0.753. The molecule has 4 heterocycles. The van der Waals surface area contributed by atoms with Gasteiger partial charge in [-0.3, -0.25) is 9.36 Å². The number of halogens is 3. The lowest BCUT2D eigenvalue weighted by Gasteiger charge is -2.22. The molecular formula is C25H21F3N4O2. The van der Waals surface area contributed by atoms with Gasteiger partial charge in [0.15, 0.2) is 0 Å². The Morgan fingerprint density at radius 3 is 2.79 bits per heavy atom. The quantitative estimate of drug-likeness (QED) is 0.560. The Morgan fingerprint density at radius 1 is 1.26 bits per heavy atom. The van der Waals surface area contributed by atoms with Crippen LogP contribution in [0.1, 0.15) is 48.4 Å². The molecule has 2 aromatic heterocycles. The molecular weight excluding hydrogens is 445 g/mol. The van der Waals surface area contributed by atoms with E-state index in [0.717, 1.165) is 24.5 Å². The Kier molecular flexibility index (Phi) is 5.62. The smallest absolute Gasteiger partial charge is 0.266 e. The van der Waals surface area contributed by atoms with Crippen LogP contribution < -0.4 is 10.9 Å². The highest BCUT2D eigenvalue weighted by Crippen LogP contribution is 2.36. The summed E-state index contributed by atoms with van der Waals surface area (Å²) in [7, 11) is 1.61. The van der Waals surface area contributed by atoms with Gasteiger partial charge in [-0.1, -0.05) is 30.2 Å². The second kappa shape index (κ2) is 8.61. The third kappa shape index (κ3) is 3.74. The number of nitrogens with one attached hydrogen (secondary N) is 1. The molecule has 0 radical (unpaired) electrons. The van der Waals surface area contributed by atoms with E-state index in [4.69, 9.17) is 11.2 Å². The lowest BCUT2D eigenvalue weighted by atomic mass is 9.98. The molecule has 174 valence electrons. The number of rotatable bonds is 5. The van der Waals surface area contributed by atoms with E-state index in [1.165, 1.54) is 23.0 Å². The molecule has 1 N–H and O–H groups in total. The number of alkyl halides is 2. The number of aromatic nitrogens is 3. The number of pyridine rings is 1. The number of hydrogen-bond donors (Lipinski definition) is 1. The van der Waals surface area contributed by atoms with Crippen LogP contribution in [0.5, 0.6) is 0 Å². The summed E-state index contributed by atoms with van der Waals surface area (Å²) >= 11 is 0. The third-order valence-electron chi connectivity index (χ3n) is 6.38. The molecule has 2 unspecified atom stereocenters. The fourth-order valence-electron chi connectivity index (χ4n) is 4.66. The number of benzene rings is 1. The van der Waals surface area contributed by atoms with Gasteiger partial charge in [-0.2, -0.15) is 0 Å². The number of hydrogen-bond acceptors (Lipinski definition) is 5. The van der Waals surface area contributed by atoms with Crippen molar-refractivity contribution in [3.8, 4) is 12.3 Å². The minimum absolute atomic E-state index is 0.00493. The van der Waals surface area contributed by atoms with Crippen molar-refractivity contribution in [2.75, 3.05) is 5.32 Å². The van der Waals surface area contributed by atoms with Gasteiger partial charge in [0.2, 0.25) is 0 Å². The summed E-state index contributed by atoms with van der Waals surface area (Å²) in [5.74, 6) is 1.61. The molecule has 0 amide bonds. The first-order valence-corrected chi connectivity index (χ1v) is 10.9. The maximum absolute atomic E-state index is 14.8. The van der Waals surface area contributed by atoms with Crippen LogP contribution >= 0.6 is 0 Å². The van der Waals surface area contributed by atoms with Crippen molar-refractivity contribution in [2.45, 2.75) is 43.9 Å². The van der Waals surface area contributed by atoms with E-state index in [1.54, 1.807) is 13.1 Å². The summed E-state index contributed by atoms with van der Waals surface area (Å²) in [6.45, 7) is 0. The topological polar surface area (TPSA) is 69.0 Å². The van der Waals surface area contributed by atoms with Gasteiger partial charge in [0.05, 0.1) is 23.2 Å². The van der Waals surface area contributed by atoms with Crippen molar-refractivity contribution in [3.63, 3.8) is 0 Å². The highest BCUT2D eigenvalue weighted by molar-refractivity contribution is 5.89. The number of ether oxygens (including phenoxy) is 1. The first-order chi connectivity index (χ1) is 16.4. The van der Waals surface area contributed by atoms with Gasteiger partial charge in [0.1, 0.15) is 29.7 Å². The average molecular weight is 466 g/mol. The van der Waals surface area contributed by atoms with Crippen LogP contribution in [0.4, 0.5) is 19.0 Å². The molecule has 2 aliphatic heterocycles. The lowest BCUT2D eigenvalue weighted by Crippen LogP contribution is -2.25. The average Bonchev–Trinajstić information content (AvgIpc) is 3.17. The Labute approximate surface area is 193 Å². The molecule has 0 spiro atoms. The van der Waals surface area contributed by atoms with E-state index in [1.807, 2.05) is 6.08 Å². The maximum Gasteiger partial charge on any atom is 0.266 e. The Hall–Kier alpha value is -3.64. The fourth-order valence-corrected chi connectivity index (χ4v) is 4.66. The van der Waals surface area contributed by atoms with Crippen LogP contribution in [0.2, 0.25) is 0 Å². The van der Waals surface area contributed by atoms with E-state index in [9.17, 15) is 18.0 Å². The van der Waals surface area contributed by atoms with Gasteiger partial charge in [-0.15, -0.1) is 6.42 Å². The van der Waals surface area contributed by atoms with Crippen molar-refractivity contribution in [3.05, 3.63) is 69.5 Å². The standard InChI is InChI=1S/C25H21F3N4O2/c1-3-20(16-5-4-6-17(21(16)26)22(27)28)31-23-19-11-18(13-9-14-7-8-15(10-13)34-14)25(33)32(2)24(19)30-12-29-23/h1,4-6,9,11-12,14-15,20,22H,7-8,10H2,2H3,(H,29,30,31)/t14?,15?,20-/m1/s1. The van der Waals surface area contributed by atoms with E-state index in [2.05, 4.69) is 21.2 Å². The third-order valence-corrected chi connectivity index (χ3v) is 6.38. The van der Waals surface area contributed by atoms with Gasteiger partial charge >= 0.3 is 0 Å². The molecule has 0 aliphatic carbocycles. The molecule has 1 fully saturated rings. The molecule has 6 nitrogen and oxygen atoms in total. The minimum Gasteiger partial charge on any atom is -0.371 e. The molecule has 2 bridgehead atoms. The summed E-state index contributed by atoms with van der Waals surface area (Å²) in [4.78, 5) is 21.6. The predicted molar refractivity (Wildman–Crippen MR) is 122 cm³/mol. The molecule has 9 heteroatoms. The Morgan fingerprint density at radius 2 is 2.06 bits per heavy atom. The second-order valence-corrected chi connectivity index (χ2v) is 8.45. The molecule has 3 atom stereocenters. The van der Waals surface area contributed by atoms with E-state index in [-0.39, 0.29) is 29.1 Å².